The number of hydrogen-bond donors (Lipinski definition) is 3. The maximum atomic E-state index is 14.0. The Balaban J connectivity index is 1.65. The summed E-state index contributed by atoms with van der Waals surface area (Å²) in [6.45, 7) is 0.725. The Morgan fingerprint density at radius 1 is 1.31 bits per heavy atom. The highest BCUT2D eigenvalue weighted by molar-refractivity contribution is 6.07. The average molecular weight is 427 g/mol. The molecule has 9 heteroatoms. The second kappa shape index (κ2) is 9.49. The van der Waals surface area contributed by atoms with Crippen LogP contribution in [0.15, 0.2) is 71.6 Å². The van der Waals surface area contributed by atoms with Gasteiger partial charge in [-0.25, -0.2) is 14.4 Å². The van der Waals surface area contributed by atoms with E-state index in [4.69, 9.17) is 9.93 Å². The average Bonchev–Trinajstić information content (AvgIpc) is 3.37. The minimum atomic E-state index is -0.340. The zero-order valence-corrected chi connectivity index (χ0v) is 16.8. The zero-order valence-electron chi connectivity index (χ0n) is 16.8. The first-order valence-electron chi connectivity index (χ1n) is 9.71. The summed E-state index contributed by atoms with van der Waals surface area (Å²) >= 11 is 0. The van der Waals surface area contributed by atoms with Crippen molar-refractivity contribution < 1.29 is 8.91 Å². The van der Waals surface area contributed by atoms with E-state index >= 15 is 0 Å². The zero-order chi connectivity index (χ0) is 22.3. The van der Waals surface area contributed by atoms with Gasteiger partial charge in [0.15, 0.2) is 5.82 Å². The number of rotatable bonds is 7. The lowest BCUT2D eigenvalue weighted by Gasteiger charge is -2.12. The van der Waals surface area contributed by atoms with E-state index in [9.17, 15) is 9.65 Å². The molecule has 3 aromatic rings. The van der Waals surface area contributed by atoms with Crippen LogP contribution in [0.5, 0.6) is 0 Å². The van der Waals surface area contributed by atoms with Crippen LogP contribution in [0.1, 0.15) is 28.5 Å². The van der Waals surface area contributed by atoms with E-state index in [0.29, 0.717) is 29.2 Å². The molecule has 4 rings (SSSR count). The Hall–Kier alpha value is -4.58. The second-order valence-corrected chi connectivity index (χ2v) is 6.81. The normalized spacial score (nSPS) is 13.1. The molecular formula is C23H18FN7O. The van der Waals surface area contributed by atoms with Crippen LogP contribution in [0.3, 0.4) is 0 Å². The van der Waals surface area contributed by atoms with Crippen molar-refractivity contribution in [2.75, 3.05) is 6.54 Å². The standard InChI is InChI=1S/C23H18FN7O/c24-18-6-2-1-4-15(18)14-28-22(20-7-9-32-31-20)11-19(26)23-29-17(12-25)10-21(30-23)16-5-3-8-27-13-16/h1-11,26-28H,13-14H2/b22-11-,26-19?. The molecule has 1 aliphatic heterocycles. The van der Waals surface area contributed by atoms with Gasteiger partial charge in [0.1, 0.15) is 35.2 Å². The fourth-order valence-corrected chi connectivity index (χ4v) is 3.03. The Morgan fingerprint density at radius 2 is 2.19 bits per heavy atom. The molecule has 158 valence electrons. The Kier molecular flexibility index (Phi) is 6.13. The number of hydrogen-bond acceptors (Lipinski definition) is 8. The molecule has 0 radical (unpaired) electrons. The van der Waals surface area contributed by atoms with Gasteiger partial charge in [-0.1, -0.05) is 29.4 Å². The van der Waals surface area contributed by atoms with E-state index in [0.717, 1.165) is 5.57 Å². The van der Waals surface area contributed by atoms with E-state index < -0.39 is 0 Å². The predicted molar refractivity (Wildman–Crippen MR) is 116 cm³/mol. The number of dihydropyridines is 1. The molecule has 3 heterocycles. The smallest absolute Gasteiger partial charge is 0.179 e. The van der Waals surface area contributed by atoms with E-state index in [-0.39, 0.29) is 29.6 Å². The highest BCUT2D eigenvalue weighted by Crippen LogP contribution is 2.17. The topological polar surface area (TPSA) is 124 Å². The van der Waals surface area contributed by atoms with Crippen molar-refractivity contribution in [2.45, 2.75) is 6.54 Å². The van der Waals surface area contributed by atoms with E-state index in [1.165, 1.54) is 18.4 Å². The van der Waals surface area contributed by atoms with Gasteiger partial charge in [0.25, 0.3) is 0 Å². The van der Waals surface area contributed by atoms with Gasteiger partial charge >= 0.3 is 0 Å². The molecular weight excluding hydrogens is 409 g/mol. The number of halogens is 1. The predicted octanol–water partition coefficient (Wildman–Crippen LogP) is 3.17. The molecule has 0 unspecified atom stereocenters. The third-order valence-electron chi connectivity index (χ3n) is 4.64. The van der Waals surface area contributed by atoms with Crippen LogP contribution in [-0.2, 0) is 6.54 Å². The van der Waals surface area contributed by atoms with E-state index in [2.05, 4.69) is 25.8 Å². The third-order valence-corrected chi connectivity index (χ3v) is 4.64. The van der Waals surface area contributed by atoms with Crippen molar-refractivity contribution in [3.8, 4) is 6.07 Å². The lowest BCUT2D eigenvalue weighted by Crippen LogP contribution is -2.17. The minimum absolute atomic E-state index is 0.0395. The molecule has 0 saturated carbocycles. The number of nitrogens with one attached hydrogen (secondary N) is 3. The quantitative estimate of drug-likeness (QED) is 0.495. The maximum Gasteiger partial charge on any atom is 0.179 e. The van der Waals surface area contributed by atoms with Gasteiger partial charge in [-0.3, -0.25) is 5.41 Å². The van der Waals surface area contributed by atoms with Gasteiger partial charge in [-0.05, 0) is 30.0 Å². The number of aromatic nitrogens is 3. The molecule has 0 amide bonds. The summed E-state index contributed by atoms with van der Waals surface area (Å²) in [4.78, 5) is 8.64. The first-order valence-corrected chi connectivity index (χ1v) is 9.71. The van der Waals surface area contributed by atoms with Crippen LogP contribution >= 0.6 is 0 Å². The molecule has 0 spiro atoms. The first kappa shape index (κ1) is 20.7. The van der Waals surface area contributed by atoms with Gasteiger partial charge in [-0.2, -0.15) is 5.26 Å². The number of allylic oxidation sites excluding steroid dienone is 3. The summed E-state index contributed by atoms with van der Waals surface area (Å²) in [5.74, 6) is -0.254. The van der Waals surface area contributed by atoms with Crippen molar-refractivity contribution in [1.82, 2.24) is 25.8 Å². The molecule has 1 aromatic carbocycles. The third kappa shape index (κ3) is 4.76. The summed E-state index contributed by atoms with van der Waals surface area (Å²) in [5, 5.41) is 28.0. The molecule has 32 heavy (non-hydrogen) atoms. The number of nitrogens with zero attached hydrogens (tertiary/aromatic N) is 4. The summed E-state index contributed by atoms with van der Waals surface area (Å²) in [7, 11) is 0. The maximum absolute atomic E-state index is 14.0. The van der Waals surface area contributed by atoms with Gasteiger partial charge in [-0.15, -0.1) is 0 Å². The van der Waals surface area contributed by atoms with E-state index in [1.807, 2.05) is 24.4 Å². The second-order valence-electron chi connectivity index (χ2n) is 6.81. The van der Waals surface area contributed by atoms with Crippen LogP contribution in [0, 0.1) is 22.6 Å². The number of nitriles is 1. The molecule has 3 N–H and O–H groups in total. The molecule has 0 bridgehead atoms. The molecule has 0 atom stereocenters. The minimum Gasteiger partial charge on any atom is -0.387 e. The van der Waals surface area contributed by atoms with Crippen molar-refractivity contribution in [3.05, 3.63) is 101 Å². The van der Waals surface area contributed by atoms with Crippen molar-refractivity contribution >= 4 is 17.0 Å². The number of benzene rings is 1. The highest BCUT2D eigenvalue weighted by atomic mass is 19.1. The molecule has 0 saturated heterocycles. The van der Waals surface area contributed by atoms with Crippen LogP contribution in [-0.4, -0.2) is 27.4 Å². The Morgan fingerprint density at radius 3 is 2.91 bits per heavy atom. The van der Waals surface area contributed by atoms with Gasteiger partial charge < -0.3 is 15.2 Å². The summed E-state index contributed by atoms with van der Waals surface area (Å²) in [5.41, 5.74) is 2.88. The van der Waals surface area contributed by atoms with Crippen molar-refractivity contribution in [3.63, 3.8) is 0 Å². The molecule has 0 fully saturated rings. The van der Waals surface area contributed by atoms with Crippen LogP contribution in [0.4, 0.5) is 4.39 Å². The van der Waals surface area contributed by atoms with Gasteiger partial charge in [0.2, 0.25) is 0 Å². The highest BCUT2D eigenvalue weighted by Gasteiger charge is 2.14. The first-order chi connectivity index (χ1) is 15.6. The lowest BCUT2D eigenvalue weighted by molar-refractivity contribution is 0.417. The molecule has 2 aromatic heterocycles. The summed E-state index contributed by atoms with van der Waals surface area (Å²) in [6, 6.07) is 11.6. The molecule has 1 aliphatic rings. The fourth-order valence-electron chi connectivity index (χ4n) is 3.03. The monoisotopic (exact) mass is 427 g/mol. The van der Waals surface area contributed by atoms with Crippen molar-refractivity contribution in [1.29, 1.82) is 10.7 Å². The van der Waals surface area contributed by atoms with Gasteiger partial charge in [0.05, 0.1) is 11.4 Å². The van der Waals surface area contributed by atoms with E-state index in [1.54, 1.807) is 30.3 Å². The van der Waals surface area contributed by atoms with Gasteiger partial charge in [0, 0.05) is 30.8 Å². The fraction of sp³-hybridized carbons (Fsp3) is 0.0870. The summed E-state index contributed by atoms with van der Waals surface area (Å²) < 4.78 is 18.9. The Labute approximate surface area is 183 Å². The van der Waals surface area contributed by atoms with Crippen molar-refractivity contribution in [2.24, 2.45) is 0 Å². The largest absolute Gasteiger partial charge is 0.387 e. The molecule has 8 nitrogen and oxygen atoms in total. The Bertz CT molecular complexity index is 1270. The SMILES string of the molecule is N#Cc1cc(C2=CC=CNC2)nc(C(=N)/C=C(\NCc2ccccc2F)c2ccon2)n1. The van der Waals surface area contributed by atoms with Crippen LogP contribution in [0.2, 0.25) is 0 Å². The lowest BCUT2D eigenvalue weighted by atomic mass is 10.1. The summed E-state index contributed by atoms with van der Waals surface area (Å²) in [6.07, 6.45) is 8.42. The molecule has 0 aliphatic carbocycles. The van der Waals surface area contributed by atoms with Crippen LogP contribution in [0.25, 0.3) is 11.3 Å². The van der Waals surface area contributed by atoms with Crippen LogP contribution < -0.4 is 10.6 Å².